The maximum absolute atomic E-state index is 12.9. The van der Waals surface area contributed by atoms with Crippen LogP contribution in [0.2, 0.25) is 0 Å². The van der Waals surface area contributed by atoms with Gasteiger partial charge in [-0.2, -0.15) is 0 Å². The molecule has 2 amide bonds. The molecule has 0 saturated carbocycles. The first-order chi connectivity index (χ1) is 13.4. The Morgan fingerprint density at radius 2 is 2.00 bits per heavy atom. The number of aromatic nitrogens is 2. The lowest BCUT2D eigenvalue weighted by atomic mass is 10.1. The molecule has 0 saturated heterocycles. The summed E-state index contributed by atoms with van der Waals surface area (Å²) in [5.41, 5.74) is 4.31. The summed E-state index contributed by atoms with van der Waals surface area (Å²) in [6, 6.07) is 5.85. The number of hydrogen-bond donors (Lipinski definition) is 1. The third-order valence-corrected chi connectivity index (χ3v) is 5.48. The lowest BCUT2D eigenvalue weighted by Gasteiger charge is -2.20. The van der Waals surface area contributed by atoms with E-state index in [1.165, 1.54) is 5.56 Å². The van der Waals surface area contributed by atoms with E-state index in [9.17, 15) is 9.59 Å². The molecule has 1 aromatic carbocycles. The summed E-state index contributed by atoms with van der Waals surface area (Å²) in [5.74, 6) is 0.0320. The van der Waals surface area contributed by atoms with Gasteiger partial charge in [0.05, 0.1) is 5.69 Å². The number of imidazole rings is 1. The van der Waals surface area contributed by atoms with Crippen molar-refractivity contribution in [2.24, 2.45) is 0 Å². The lowest BCUT2D eigenvalue weighted by molar-refractivity contribution is 0.0775. The van der Waals surface area contributed by atoms with Crippen molar-refractivity contribution in [2.45, 2.75) is 59.4 Å². The van der Waals surface area contributed by atoms with Gasteiger partial charge in [0.1, 0.15) is 0 Å². The van der Waals surface area contributed by atoms with Crippen LogP contribution in [0.25, 0.3) is 0 Å². The summed E-state index contributed by atoms with van der Waals surface area (Å²) >= 11 is 0. The highest BCUT2D eigenvalue weighted by Crippen LogP contribution is 2.23. The molecule has 6 heteroatoms. The smallest absolute Gasteiger partial charge is 0.289 e. The minimum absolute atomic E-state index is 0.109. The Morgan fingerprint density at radius 1 is 1.21 bits per heavy atom. The molecule has 2 heterocycles. The van der Waals surface area contributed by atoms with Gasteiger partial charge in [-0.3, -0.25) is 9.59 Å². The van der Waals surface area contributed by atoms with E-state index in [4.69, 9.17) is 0 Å². The number of carbonyl (C=O) groups excluding carboxylic acids is 2. The summed E-state index contributed by atoms with van der Waals surface area (Å²) < 4.78 is 1.95. The van der Waals surface area contributed by atoms with Gasteiger partial charge in [0.15, 0.2) is 11.5 Å². The molecule has 6 nitrogen and oxygen atoms in total. The molecule has 3 rings (SSSR count). The molecule has 0 aliphatic carbocycles. The molecule has 0 bridgehead atoms. The Balaban J connectivity index is 1.88. The number of anilines is 1. The van der Waals surface area contributed by atoms with Crippen LogP contribution in [0.1, 0.15) is 70.5 Å². The third kappa shape index (κ3) is 4.11. The lowest BCUT2D eigenvalue weighted by Crippen LogP contribution is -2.31. The fourth-order valence-electron chi connectivity index (χ4n) is 3.57. The number of unbranched alkanes of at least 4 members (excludes halogenated alkanes) is 1. The van der Waals surface area contributed by atoms with Gasteiger partial charge in [0.2, 0.25) is 0 Å². The Bertz CT molecular complexity index is 885. The number of hydrogen-bond acceptors (Lipinski definition) is 3. The minimum Gasteiger partial charge on any atom is -0.339 e. The van der Waals surface area contributed by atoms with Crippen molar-refractivity contribution in [3.05, 3.63) is 46.5 Å². The highest BCUT2D eigenvalue weighted by molar-refractivity contribution is 6.05. The summed E-state index contributed by atoms with van der Waals surface area (Å²) in [4.78, 5) is 32.1. The van der Waals surface area contributed by atoms with Crippen molar-refractivity contribution < 1.29 is 9.59 Å². The maximum Gasteiger partial charge on any atom is 0.289 e. The molecule has 0 fully saturated rings. The Morgan fingerprint density at radius 3 is 2.71 bits per heavy atom. The Kier molecular flexibility index (Phi) is 6.17. The SMILES string of the molecule is CCCCN(C)C(=O)c1nc(C(=O)Nc2ccc(C)c(C)c2)c2n1CCCC2. The van der Waals surface area contributed by atoms with Crippen LogP contribution < -0.4 is 5.32 Å². The molecule has 1 N–H and O–H groups in total. The van der Waals surface area contributed by atoms with Crippen LogP contribution in [0, 0.1) is 13.8 Å². The molecule has 28 heavy (non-hydrogen) atoms. The van der Waals surface area contributed by atoms with Gasteiger partial charge >= 0.3 is 0 Å². The summed E-state index contributed by atoms with van der Waals surface area (Å²) in [5, 5.41) is 2.95. The zero-order valence-corrected chi connectivity index (χ0v) is 17.3. The van der Waals surface area contributed by atoms with Crippen LogP contribution in [-0.4, -0.2) is 39.9 Å². The number of fused-ring (bicyclic) bond motifs is 1. The van der Waals surface area contributed by atoms with Gasteiger partial charge in [-0.05, 0) is 62.8 Å². The first-order valence-corrected chi connectivity index (χ1v) is 10.2. The van der Waals surface area contributed by atoms with E-state index in [1.807, 2.05) is 36.6 Å². The number of amides is 2. The van der Waals surface area contributed by atoms with Crippen molar-refractivity contribution in [3.63, 3.8) is 0 Å². The predicted molar refractivity (Wildman–Crippen MR) is 111 cm³/mol. The van der Waals surface area contributed by atoms with E-state index < -0.39 is 0 Å². The van der Waals surface area contributed by atoms with Gasteiger partial charge in [-0.1, -0.05) is 19.4 Å². The van der Waals surface area contributed by atoms with Gasteiger partial charge in [0, 0.05) is 25.8 Å². The van der Waals surface area contributed by atoms with Crippen molar-refractivity contribution in [2.75, 3.05) is 18.9 Å². The van der Waals surface area contributed by atoms with E-state index in [0.29, 0.717) is 18.1 Å². The third-order valence-electron chi connectivity index (χ3n) is 5.48. The second-order valence-corrected chi connectivity index (χ2v) is 7.67. The van der Waals surface area contributed by atoms with E-state index in [0.717, 1.165) is 55.6 Å². The molecule has 2 aromatic rings. The van der Waals surface area contributed by atoms with Crippen molar-refractivity contribution in [1.29, 1.82) is 0 Å². The first kappa shape index (κ1) is 20.1. The van der Waals surface area contributed by atoms with Crippen LogP contribution in [0.15, 0.2) is 18.2 Å². The standard InChI is InChI=1S/C22H30N4O2/c1-5-6-12-25(4)22(28)20-24-19(18-9-7-8-13-26(18)20)21(27)23-17-11-10-15(2)16(3)14-17/h10-11,14H,5-9,12-13H2,1-4H3,(H,23,27). The average Bonchev–Trinajstić information content (AvgIpc) is 3.08. The molecule has 150 valence electrons. The molecule has 1 aliphatic rings. The van der Waals surface area contributed by atoms with Crippen molar-refractivity contribution >= 4 is 17.5 Å². The highest BCUT2D eigenvalue weighted by atomic mass is 16.2. The molecule has 1 aliphatic heterocycles. The summed E-state index contributed by atoms with van der Waals surface area (Å²) in [7, 11) is 1.80. The molecular weight excluding hydrogens is 352 g/mol. The molecule has 0 atom stereocenters. The monoisotopic (exact) mass is 382 g/mol. The minimum atomic E-state index is -0.246. The van der Waals surface area contributed by atoms with Crippen molar-refractivity contribution in [3.8, 4) is 0 Å². The van der Waals surface area contributed by atoms with Crippen LogP contribution in [0.4, 0.5) is 5.69 Å². The van der Waals surface area contributed by atoms with Crippen LogP contribution in [0.5, 0.6) is 0 Å². The number of nitrogens with zero attached hydrogens (tertiary/aromatic N) is 3. The van der Waals surface area contributed by atoms with Crippen LogP contribution in [0.3, 0.4) is 0 Å². The Labute approximate surface area is 166 Å². The highest BCUT2D eigenvalue weighted by Gasteiger charge is 2.28. The van der Waals surface area contributed by atoms with Gasteiger partial charge < -0.3 is 14.8 Å². The topological polar surface area (TPSA) is 67.2 Å². The van der Waals surface area contributed by atoms with Crippen LogP contribution in [-0.2, 0) is 13.0 Å². The predicted octanol–water partition coefficient (Wildman–Crippen LogP) is 3.96. The first-order valence-electron chi connectivity index (χ1n) is 10.2. The van der Waals surface area contributed by atoms with Crippen molar-refractivity contribution in [1.82, 2.24) is 14.5 Å². The normalized spacial score (nSPS) is 13.1. The van der Waals surface area contributed by atoms with E-state index in [-0.39, 0.29) is 11.8 Å². The quantitative estimate of drug-likeness (QED) is 0.822. The second kappa shape index (κ2) is 8.59. The summed E-state index contributed by atoms with van der Waals surface area (Å²) in [6.45, 7) is 7.60. The number of nitrogens with one attached hydrogen (secondary N) is 1. The molecule has 1 aromatic heterocycles. The molecule has 0 spiro atoms. The largest absolute Gasteiger partial charge is 0.339 e. The second-order valence-electron chi connectivity index (χ2n) is 7.67. The molecule has 0 unspecified atom stereocenters. The Hall–Kier alpha value is -2.63. The number of benzene rings is 1. The summed E-state index contributed by atoms with van der Waals surface area (Å²) in [6.07, 6.45) is 4.76. The number of aryl methyl sites for hydroxylation is 2. The maximum atomic E-state index is 12.9. The average molecular weight is 383 g/mol. The van der Waals surface area contributed by atoms with Gasteiger partial charge in [0.25, 0.3) is 11.8 Å². The van der Waals surface area contributed by atoms with E-state index >= 15 is 0 Å². The number of carbonyl (C=O) groups is 2. The molecule has 0 radical (unpaired) electrons. The number of rotatable bonds is 6. The zero-order chi connectivity index (χ0) is 20.3. The van der Waals surface area contributed by atoms with E-state index in [2.05, 4.69) is 17.2 Å². The fraction of sp³-hybridized carbons (Fsp3) is 0.500. The zero-order valence-electron chi connectivity index (χ0n) is 17.3. The van der Waals surface area contributed by atoms with E-state index in [1.54, 1.807) is 11.9 Å². The van der Waals surface area contributed by atoms with Gasteiger partial charge in [-0.15, -0.1) is 0 Å². The molecular formula is C22H30N4O2. The van der Waals surface area contributed by atoms with Gasteiger partial charge in [-0.25, -0.2) is 4.98 Å². The fourth-order valence-corrected chi connectivity index (χ4v) is 3.57. The van der Waals surface area contributed by atoms with Crippen LogP contribution >= 0.6 is 0 Å².